The number of rotatable bonds is 22. The molecule has 212 valence electrons. The first kappa shape index (κ1) is 33.1. The summed E-state index contributed by atoms with van der Waals surface area (Å²) in [5, 5.41) is 33.4. The Morgan fingerprint density at radius 1 is 0.757 bits per heavy atom. The van der Waals surface area contributed by atoms with Gasteiger partial charge in [-0.05, 0) is 25.5 Å². The molecule has 0 spiro atoms. The fraction of sp³-hybridized carbons (Fsp3) is 0.733. The van der Waals surface area contributed by atoms with Gasteiger partial charge in [-0.25, -0.2) is 4.79 Å². The third-order valence-corrected chi connectivity index (χ3v) is 6.87. The van der Waals surface area contributed by atoms with Crippen LogP contribution >= 0.6 is 0 Å². The summed E-state index contributed by atoms with van der Waals surface area (Å²) in [6.45, 7) is 3.64. The summed E-state index contributed by atoms with van der Waals surface area (Å²) in [6.07, 6.45) is 16.1. The quantitative estimate of drug-likeness (QED) is 0.0917. The van der Waals surface area contributed by atoms with E-state index in [1.165, 1.54) is 95.6 Å². The zero-order valence-corrected chi connectivity index (χ0v) is 23.1. The molecule has 0 radical (unpaired) electrons. The first-order valence-electron chi connectivity index (χ1n) is 14.4. The predicted octanol–water partition coefficient (Wildman–Crippen LogP) is 5.44. The number of nitrogens with one attached hydrogen (secondary N) is 1. The molecular weight excluding hydrogens is 470 g/mol. The van der Waals surface area contributed by atoms with Crippen molar-refractivity contribution in [2.24, 2.45) is 0 Å². The summed E-state index contributed by atoms with van der Waals surface area (Å²) in [6, 6.07) is 8.06. The molecule has 0 aliphatic heterocycles. The number of hydrogen-bond acceptors (Lipinski definition) is 6. The van der Waals surface area contributed by atoms with Crippen molar-refractivity contribution in [3.8, 4) is 5.75 Å². The standard InChI is InChI=1S/C30H51NO6/c1-3-4-5-6-7-8-9-10-11-12-13-14-15-16-17-21-24-31-28(34)26(32)30(2,36)27(33)29(35)37-25-22-19-18-20-23-25/h18-20,22-23,26-27,32-33,36H,3-17,21,24H2,1-2H3,(H,31,34). The van der Waals surface area contributed by atoms with Crippen molar-refractivity contribution < 1.29 is 29.6 Å². The molecule has 0 bridgehead atoms. The maximum absolute atomic E-state index is 12.3. The molecular formula is C30H51NO6. The number of amides is 1. The molecule has 7 heteroatoms. The van der Waals surface area contributed by atoms with Gasteiger partial charge in [0.2, 0.25) is 0 Å². The van der Waals surface area contributed by atoms with Crippen molar-refractivity contribution in [2.45, 2.75) is 134 Å². The van der Waals surface area contributed by atoms with E-state index in [9.17, 15) is 24.9 Å². The molecule has 0 saturated heterocycles. The number of unbranched alkanes of at least 4 members (excludes halogenated alkanes) is 15. The summed E-state index contributed by atoms with van der Waals surface area (Å²) in [4.78, 5) is 24.4. The third-order valence-electron chi connectivity index (χ3n) is 6.87. The topological polar surface area (TPSA) is 116 Å². The van der Waals surface area contributed by atoms with Gasteiger partial charge in [0, 0.05) is 6.54 Å². The fourth-order valence-corrected chi connectivity index (χ4v) is 4.30. The van der Waals surface area contributed by atoms with Crippen molar-refractivity contribution in [1.29, 1.82) is 0 Å². The highest BCUT2D eigenvalue weighted by molar-refractivity contribution is 5.85. The van der Waals surface area contributed by atoms with Crippen molar-refractivity contribution in [2.75, 3.05) is 6.54 Å². The molecule has 1 aromatic rings. The smallest absolute Gasteiger partial charge is 0.343 e. The Kier molecular flexibility index (Phi) is 17.9. The minimum absolute atomic E-state index is 0.185. The summed E-state index contributed by atoms with van der Waals surface area (Å²) >= 11 is 0. The second-order valence-corrected chi connectivity index (χ2v) is 10.4. The average Bonchev–Trinajstić information content (AvgIpc) is 2.89. The van der Waals surface area contributed by atoms with Gasteiger partial charge in [0.05, 0.1) is 0 Å². The third kappa shape index (κ3) is 14.5. The van der Waals surface area contributed by atoms with Crippen molar-refractivity contribution >= 4 is 11.9 Å². The van der Waals surface area contributed by atoms with Crippen LogP contribution in [0, 0.1) is 0 Å². The molecule has 1 aromatic carbocycles. The molecule has 37 heavy (non-hydrogen) atoms. The van der Waals surface area contributed by atoms with Crippen LogP contribution in [0.25, 0.3) is 0 Å². The number of carbonyl (C=O) groups is 2. The van der Waals surface area contributed by atoms with E-state index in [0.717, 1.165) is 26.2 Å². The summed E-state index contributed by atoms with van der Waals surface area (Å²) in [5.74, 6) is -1.80. The molecule has 0 heterocycles. The Morgan fingerprint density at radius 3 is 1.65 bits per heavy atom. The number of hydrogen-bond donors (Lipinski definition) is 4. The van der Waals surface area contributed by atoms with Crippen LogP contribution in [-0.2, 0) is 9.59 Å². The van der Waals surface area contributed by atoms with Gasteiger partial charge in [-0.2, -0.15) is 0 Å². The van der Waals surface area contributed by atoms with Crippen LogP contribution in [0.3, 0.4) is 0 Å². The summed E-state index contributed by atoms with van der Waals surface area (Å²) in [7, 11) is 0. The van der Waals surface area contributed by atoms with Gasteiger partial charge in [0.25, 0.3) is 5.91 Å². The van der Waals surface area contributed by atoms with Gasteiger partial charge in [0.1, 0.15) is 11.4 Å². The van der Waals surface area contributed by atoms with Crippen molar-refractivity contribution in [3.05, 3.63) is 30.3 Å². The van der Waals surface area contributed by atoms with Crippen molar-refractivity contribution in [3.63, 3.8) is 0 Å². The molecule has 7 nitrogen and oxygen atoms in total. The van der Waals surface area contributed by atoms with Gasteiger partial charge in [-0.3, -0.25) is 4.79 Å². The highest BCUT2D eigenvalue weighted by Crippen LogP contribution is 2.19. The van der Waals surface area contributed by atoms with E-state index in [1.807, 2.05) is 0 Å². The lowest BCUT2D eigenvalue weighted by atomic mass is 9.91. The monoisotopic (exact) mass is 521 g/mol. The van der Waals surface area contributed by atoms with E-state index >= 15 is 0 Å². The second kappa shape index (κ2) is 20.1. The van der Waals surface area contributed by atoms with Gasteiger partial charge in [-0.1, -0.05) is 121 Å². The van der Waals surface area contributed by atoms with Crippen LogP contribution in [-0.4, -0.2) is 51.5 Å². The first-order chi connectivity index (χ1) is 17.8. The Balaban J connectivity index is 2.06. The maximum atomic E-state index is 12.3. The average molecular weight is 522 g/mol. The van der Waals surface area contributed by atoms with Crippen LogP contribution in [0.1, 0.15) is 117 Å². The van der Waals surface area contributed by atoms with Gasteiger partial charge in [0.15, 0.2) is 12.2 Å². The van der Waals surface area contributed by atoms with E-state index in [4.69, 9.17) is 4.74 Å². The largest absolute Gasteiger partial charge is 0.425 e. The maximum Gasteiger partial charge on any atom is 0.343 e. The zero-order valence-electron chi connectivity index (χ0n) is 23.1. The Bertz CT molecular complexity index is 724. The number of aliphatic hydroxyl groups is 3. The molecule has 0 saturated carbocycles. The lowest BCUT2D eigenvalue weighted by Crippen LogP contribution is -2.59. The fourth-order valence-electron chi connectivity index (χ4n) is 4.30. The van der Waals surface area contributed by atoms with Crippen LogP contribution in [0.2, 0.25) is 0 Å². The summed E-state index contributed by atoms with van der Waals surface area (Å²) in [5.41, 5.74) is -2.40. The second-order valence-electron chi connectivity index (χ2n) is 10.4. The number of ether oxygens (including phenoxy) is 1. The Morgan fingerprint density at radius 2 is 1.19 bits per heavy atom. The first-order valence-corrected chi connectivity index (χ1v) is 14.4. The number of aliphatic hydroxyl groups excluding tert-OH is 2. The predicted molar refractivity (Wildman–Crippen MR) is 147 cm³/mol. The Hall–Kier alpha value is -1.96. The molecule has 0 aliphatic rings. The van der Waals surface area contributed by atoms with Crippen molar-refractivity contribution in [1.82, 2.24) is 5.32 Å². The van der Waals surface area contributed by atoms with Crippen LogP contribution in [0.15, 0.2) is 30.3 Å². The molecule has 0 aromatic heterocycles. The molecule has 0 fully saturated rings. The van der Waals surface area contributed by atoms with E-state index in [-0.39, 0.29) is 5.75 Å². The minimum Gasteiger partial charge on any atom is -0.425 e. The lowest BCUT2D eigenvalue weighted by Gasteiger charge is -2.31. The molecule has 1 amide bonds. The van der Waals surface area contributed by atoms with E-state index < -0.39 is 29.7 Å². The number of esters is 1. The number of benzene rings is 1. The van der Waals surface area contributed by atoms with E-state index in [1.54, 1.807) is 18.2 Å². The van der Waals surface area contributed by atoms with Crippen LogP contribution < -0.4 is 10.1 Å². The van der Waals surface area contributed by atoms with Gasteiger partial charge < -0.3 is 25.4 Å². The molecule has 3 unspecified atom stereocenters. The lowest BCUT2D eigenvalue weighted by molar-refractivity contribution is -0.177. The SMILES string of the molecule is CCCCCCCCCCCCCCCCCCNC(=O)C(O)C(C)(O)C(O)C(=O)Oc1ccccc1. The van der Waals surface area contributed by atoms with E-state index in [2.05, 4.69) is 12.2 Å². The highest BCUT2D eigenvalue weighted by atomic mass is 16.6. The molecule has 0 aliphatic carbocycles. The molecule has 1 rings (SSSR count). The molecule has 4 N–H and O–H groups in total. The molecule has 3 atom stereocenters. The van der Waals surface area contributed by atoms with E-state index in [0.29, 0.717) is 6.54 Å². The normalized spacial score (nSPS) is 14.5. The number of para-hydroxylation sites is 1. The Labute approximate surface area is 224 Å². The number of carbonyl (C=O) groups excluding carboxylic acids is 2. The van der Waals surface area contributed by atoms with Crippen LogP contribution in [0.4, 0.5) is 0 Å². The summed E-state index contributed by atoms with van der Waals surface area (Å²) < 4.78 is 5.00. The zero-order chi connectivity index (χ0) is 27.4. The highest BCUT2D eigenvalue weighted by Gasteiger charge is 2.46. The van der Waals surface area contributed by atoms with Gasteiger partial charge in [-0.15, -0.1) is 0 Å². The van der Waals surface area contributed by atoms with Gasteiger partial charge >= 0.3 is 5.97 Å². The van der Waals surface area contributed by atoms with Crippen LogP contribution in [0.5, 0.6) is 5.75 Å². The minimum atomic E-state index is -2.40.